The van der Waals surface area contributed by atoms with Crippen LogP contribution in [-0.4, -0.2) is 55.6 Å². The van der Waals surface area contributed by atoms with E-state index >= 15 is 0 Å². The van der Waals surface area contributed by atoms with Gasteiger partial charge in [0, 0.05) is 44.0 Å². The van der Waals surface area contributed by atoms with Crippen molar-refractivity contribution >= 4 is 12.0 Å². The Morgan fingerprint density at radius 1 is 1.28 bits per heavy atom. The molecule has 98 valence electrons. The number of rotatable bonds is 4. The first kappa shape index (κ1) is 13.0. The van der Waals surface area contributed by atoms with Gasteiger partial charge in [-0.2, -0.15) is 0 Å². The molecule has 0 atom stereocenters. The van der Waals surface area contributed by atoms with Gasteiger partial charge >= 0.3 is 0 Å². The third kappa shape index (κ3) is 2.86. The molecule has 0 aliphatic carbocycles. The van der Waals surface area contributed by atoms with E-state index in [0.29, 0.717) is 18.4 Å². The van der Waals surface area contributed by atoms with E-state index in [4.69, 9.17) is 5.11 Å². The lowest BCUT2D eigenvalue weighted by molar-refractivity contribution is 0.112. The monoisotopic (exact) mass is 252 g/mol. The molecule has 1 aromatic carbocycles. The summed E-state index contributed by atoms with van der Waals surface area (Å²) in [6.07, 6.45) is 0.693. The van der Waals surface area contributed by atoms with Crippen molar-refractivity contribution in [1.82, 2.24) is 4.90 Å². The normalized spacial score (nSPS) is 16.9. The van der Waals surface area contributed by atoms with Gasteiger partial charge in [-0.05, 0) is 18.2 Å². The number of piperazine rings is 1. The molecule has 1 saturated heterocycles. The maximum Gasteiger partial charge on any atom is 0.152 e. The number of hydrogen-bond donors (Lipinski definition) is 1. The number of aldehydes is 1. The van der Waals surface area contributed by atoms with Crippen molar-refractivity contribution in [3.63, 3.8) is 0 Å². The van der Waals surface area contributed by atoms with Crippen molar-refractivity contribution in [2.75, 3.05) is 44.2 Å². The number of anilines is 1. The van der Waals surface area contributed by atoms with Crippen LogP contribution in [0.3, 0.4) is 0 Å². The molecule has 0 amide bonds. The van der Waals surface area contributed by atoms with Crippen LogP contribution in [0.4, 0.5) is 10.1 Å². The van der Waals surface area contributed by atoms with Crippen LogP contribution in [0, 0.1) is 5.82 Å². The van der Waals surface area contributed by atoms with Crippen molar-refractivity contribution in [2.45, 2.75) is 0 Å². The minimum Gasteiger partial charge on any atom is -0.395 e. The van der Waals surface area contributed by atoms with Gasteiger partial charge in [-0.25, -0.2) is 4.39 Å². The molecule has 0 spiro atoms. The fourth-order valence-electron chi connectivity index (χ4n) is 2.26. The molecule has 5 heteroatoms. The number of carbonyl (C=O) groups excluding carboxylic acids is 1. The quantitative estimate of drug-likeness (QED) is 0.803. The van der Waals surface area contributed by atoms with E-state index in [0.717, 1.165) is 31.9 Å². The number of nitrogens with zero attached hydrogens (tertiary/aromatic N) is 2. The van der Waals surface area contributed by atoms with Crippen LogP contribution in [0.2, 0.25) is 0 Å². The van der Waals surface area contributed by atoms with Crippen LogP contribution in [0.1, 0.15) is 10.4 Å². The summed E-state index contributed by atoms with van der Waals surface area (Å²) in [6.45, 7) is 4.10. The van der Waals surface area contributed by atoms with E-state index in [9.17, 15) is 9.18 Å². The predicted octanol–water partition coefficient (Wildman–Crippen LogP) is 0.752. The highest BCUT2D eigenvalue weighted by Gasteiger charge is 2.18. The van der Waals surface area contributed by atoms with Crippen LogP contribution >= 0.6 is 0 Å². The van der Waals surface area contributed by atoms with Gasteiger partial charge < -0.3 is 10.0 Å². The summed E-state index contributed by atoms with van der Waals surface area (Å²) >= 11 is 0. The molecule has 1 aliphatic heterocycles. The molecule has 0 saturated carbocycles. The molecule has 1 heterocycles. The summed E-state index contributed by atoms with van der Waals surface area (Å²) in [5.74, 6) is -0.389. The smallest absolute Gasteiger partial charge is 0.152 e. The summed E-state index contributed by atoms with van der Waals surface area (Å²) in [4.78, 5) is 15.2. The topological polar surface area (TPSA) is 43.8 Å². The average Bonchev–Trinajstić information content (AvgIpc) is 2.40. The van der Waals surface area contributed by atoms with Gasteiger partial charge in [0.05, 0.1) is 6.61 Å². The second kappa shape index (κ2) is 5.93. The summed E-state index contributed by atoms with van der Waals surface area (Å²) in [7, 11) is 0. The maximum atomic E-state index is 13.1. The van der Waals surface area contributed by atoms with Crippen molar-refractivity contribution in [2.24, 2.45) is 0 Å². The average molecular weight is 252 g/mol. The fraction of sp³-hybridized carbons (Fsp3) is 0.462. The molecule has 1 aliphatic rings. The molecule has 4 nitrogen and oxygen atoms in total. The van der Waals surface area contributed by atoms with Gasteiger partial charge in [-0.15, -0.1) is 0 Å². The lowest BCUT2D eigenvalue weighted by atomic mass is 10.1. The SMILES string of the molecule is O=Cc1cc(F)ccc1N1CCN(CCO)CC1. The molecular formula is C13H17FN2O2. The number of aliphatic hydroxyl groups is 1. The van der Waals surface area contributed by atoms with Gasteiger partial charge in [0.1, 0.15) is 5.82 Å². The first-order valence-electron chi connectivity index (χ1n) is 6.07. The summed E-state index contributed by atoms with van der Waals surface area (Å²) in [6, 6.07) is 4.30. The van der Waals surface area contributed by atoms with E-state index < -0.39 is 0 Å². The van der Waals surface area contributed by atoms with E-state index in [1.54, 1.807) is 6.07 Å². The van der Waals surface area contributed by atoms with Crippen LogP contribution in [0.25, 0.3) is 0 Å². The summed E-state index contributed by atoms with van der Waals surface area (Å²) in [5, 5.41) is 8.87. The Bertz CT molecular complexity index is 417. The minimum atomic E-state index is -0.389. The van der Waals surface area contributed by atoms with Crippen LogP contribution in [0.15, 0.2) is 18.2 Å². The molecule has 2 rings (SSSR count). The second-order valence-corrected chi connectivity index (χ2v) is 4.37. The molecule has 1 aromatic rings. The van der Waals surface area contributed by atoms with Crippen LogP contribution < -0.4 is 4.90 Å². The number of benzene rings is 1. The van der Waals surface area contributed by atoms with Crippen molar-refractivity contribution < 1.29 is 14.3 Å². The van der Waals surface area contributed by atoms with Gasteiger partial charge in [0.25, 0.3) is 0 Å². The Kier molecular flexibility index (Phi) is 4.28. The number of hydrogen-bond acceptors (Lipinski definition) is 4. The number of halogens is 1. The van der Waals surface area contributed by atoms with Gasteiger partial charge in [-0.1, -0.05) is 0 Å². The van der Waals surface area contributed by atoms with Crippen LogP contribution in [0.5, 0.6) is 0 Å². The first-order valence-corrected chi connectivity index (χ1v) is 6.07. The molecule has 0 aromatic heterocycles. The minimum absolute atomic E-state index is 0.163. The summed E-state index contributed by atoms with van der Waals surface area (Å²) in [5.41, 5.74) is 1.18. The van der Waals surface area contributed by atoms with E-state index in [2.05, 4.69) is 9.80 Å². The predicted molar refractivity (Wildman–Crippen MR) is 67.5 cm³/mol. The molecule has 0 radical (unpaired) electrons. The largest absolute Gasteiger partial charge is 0.395 e. The highest BCUT2D eigenvalue weighted by atomic mass is 19.1. The Morgan fingerprint density at radius 3 is 2.61 bits per heavy atom. The molecule has 0 unspecified atom stereocenters. The Labute approximate surface area is 106 Å². The first-order chi connectivity index (χ1) is 8.74. The second-order valence-electron chi connectivity index (χ2n) is 4.37. The Hall–Kier alpha value is -1.46. The van der Waals surface area contributed by atoms with Gasteiger partial charge in [-0.3, -0.25) is 9.69 Å². The molecule has 1 N–H and O–H groups in total. The zero-order valence-electron chi connectivity index (χ0n) is 10.2. The molecule has 0 bridgehead atoms. The lowest BCUT2D eigenvalue weighted by Gasteiger charge is -2.36. The van der Waals surface area contributed by atoms with E-state index in [1.807, 2.05) is 0 Å². The van der Waals surface area contributed by atoms with Crippen LogP contribution in [-0.2, 0) is 0 Å². The van der Waals surface area contributed by atoms with E-state index in [1.165, 1.54) is 12.1 Å². The maximum absolute atomic E-state index is 13.1. The molecular weight excluding hydrogens is 235 g/mol. The number of β-amino-alcohol motifs (C(OH)–C–C–N with tert-alkyl or cyclic N) is 1. The highest BCUT2D eigenvalue weighted by molar-refractivity contribution is 5.84. The van der Waals surface area contributed by atoms with Crippen molar-refractivity contribution in [3.8, 4) is 0 Å². The zero-order chi connectivity index (χ0) is 13.0. The lowest BCUT2D eigenvalue weighted by Crippen LogP contribution is -2.47. The highest BCUT2D eigenvalue weighted by Crippen LogP contribution is 2.21. The van der Waals surface area contributed by atoms with Gasteiger partial charge in [0.15, 0.2) is 6.29 Å². The Morgan fingerprint density at radius 2 is 2.00 bits per heavy atom. The fourth-order valence-corrected chi connectivity index (χ4v) is 2.26. The van der Waals surface area contributed by atoms with E-state index in [-0.39, 0.29) is 12.4 Å². The molecule has 18 heavy (non-hydrogen) atoms. The van der Waals surface area contributed by atoms with Crippen molar-refractivity contribution in [3.05, 3.63) is 29.6 Å². The standard InChI is InChI=1S/C13H17FN2O2/c14-12-1-2-13(11(9-12)10-18)16-5-3-15(4-6-16)7-8-17/h1-2,9-10,17H,3-8H2. The molecule has 1 fully saturated rings. The number of carbonyl (C=O) groups is 1. The third-order valence-electron chi connectivity index (χ3n) is 3.25. The van der Waals surface area contributed by atoms with Crippen molar-refractivity contribution in [1.29, 1.82) is 0 Å². The van der Waals surface area contributed by atoms with Gasteiger partial charge in [0.2, 0.25) is 0 Å². The summed E-state index contributed by atoms with van der Waals surface area (Å²) < 4.78 is 13.1. The number of aliphatic hydroxyl groups excluding tert-OH is 1. The zero-order valence-corrected chi connectivity index (χ0v) is 10.2. The Balaban J connectivity index is 2.07. The third-order valence-corrected chi connectivity index (χ3v) is 3.25.